The highest BCUT2D eigenvalue weighted by Crippen LogP contribution is 2.39. The van der Waals surface area contributed by atoms with Gasteiger partial charge in [0, 0.05) is 16.3 Å². The number of rotatable bonds is 3. The van der Waals surface area contributed by atoms with Crippen molar-refractivity contribution in [2.75, 3.05) is 0 Å². The Bertz CT molecular complexity index is 2030. The van der Waals surface area contributed by atoms with Gasteiger partial charge in [0.05, 0.1) is 28.0 Å². The van der Waals surface area contributed by atoms with Crippen molar-refractivity contribution in [1.29, 1.82) is 0 Å². The van der Waals surface area contributed by atoms with E-state index in [0.29, 0.717) is 5.71 Å². The highest BCUT2D eigenvalue weighted by molar-refractivity contribution is 6.09. The molecule has 0 radical (unpaired) electrons. The van der Waals surface area contributed by atoms with Gasteiger partial charge in [-0.25, -0.2) is 9.97 Å². The number of fused-ring (bicyclic) bond motifs is 4. The van der Waals surface area contributed by atoms with E-state index in [-0.39, 0.29) is 0 Å². The first-order valence-electron chi connectivity index (χ1n) is 13.4. The van der Waals surface area contributed by atoms with Crippen LogP contribution in [-0.4, -0.2) is 14.5 Å². The molecule has 4 heteroatoms. The standard InChI is InChI=1S/C35H29N3O/c1-20-18-23(4)32(24(5)19-20)38-30-15-7-6-14-28(30)36-34(38)27-13-9-12-25-26-16-17-29(37-35(26)39-33(25)27)31-21(2)10-8-11-22(31)3/h6-19H,1-5H3. The molecule has 0 bridgehead atoms. The average Bonchev–Trinajstić information content (AvgIpc) is 3.46. The molecule has 0 N–H and O–H groups in total. The molecule has 0 fully saturated rings. The van der Waals surface area contributed by atoms with Gasteiger partial charge in [-0.05, 0) is 87.2 Å². The van der Waals surface area contributed by atoms with E-state index in [1.54, 1.807) is 0 Å². The third-order valence-corrected chi connectivity index (χ3v) is 7.76. The number of benzene rings is 4. The normalized spacial score (nSPS) is 11.7. The van der Waals surface area contributed by atoms with E-state index in [4.69, 9.17) is 14.4 Å². The maximum Gasteiger partial charge on any atom is 0.227 e. The van der Waals surface area contributed by atoms with Crippen molar-refractivity contribution in [1.82, 2.24) is 14.5 Å². The summed E-state index contributed by atoms with van der Waals surface area (Å²) in [5, 5.41) is 2.05. The van der Waals surface area contributed by atoms with Crippen molar-refractivity contribution in [3.8, 4) is 28.3 Å². The summed E-state index contributed by atoms with van der Waals surface area (Å²) in [6.45, 7) is 10.8. The molecule has 190 valence electrons. The summed E-state index contributed by atoms with van der Waals surface area (Å²) in [5.74, 6) is 0.867. The van der Waals surface area contributed by atoms with E-state index in [0.717, 1.165) is 55.7 Å². The first-order valence-corrected chi connectivity index (χ1v) is 13.4. The molecule has 4 aromatic carbocycles. The Hall–Kier alpha value is -4.70. The van der Waals surface area contributed by atoms with E-state index in [9.17, 15) is 0 Å². The number of para-hydroxylation sites is 3. The molecule has 0 amide bonds. The molecule has 0 spiro atoms. The summed E-state index contributed by atoms with van der Waals surface area (Å²) in [6, 6.07) is 29.7. The van der Waals surface area contributed by atoms with Crippen LogP contribution in [0.15, 0.2) is 89.3 Å². The molecule has 0 atom stereocenters. The van der Waals surface area contributed by atoms with Crippen LogP contribution >= 0.6 is 0 Å². The van der Waals surface area contributed by atoms with Gasteiger partial charge in [-0.15, -0.1) is 0 Å². The zero-order chi connectivity index (χ0) is 26.8. The molecule has 7 rings (SSSR count). The summed E-state index contributed by atoms with van der Waals surface area (Å²) < 4.78 is 8.87. The predicted octanol–water partition coefficient (Wildman–Crippen LogP) is 9.20. The minimum Gasteiger partial charge on any atom is -0.437 e. The lowest BCUT2D eigenvalue weighted by molar-refractivity contribution is 0.655. The first kappa shape index (κ1) is 23.4. The van der Waals surface area contributed by atoms with Gasteiger partial charge in [0.2, 0.25) is 5.71 Å². The number of imidazole rings is 1. The molecule has 3 aromatic heterocycles. The van der Waals surface area contributed by atoms with Crippen molar-refractivity contribution in [2.24, 2.45) is 0 Å². The molecule has 3 heterocycles. The minimum atomic E-state index is 0.642. The lowest BCUT2D eigenvalue weighted by Crippen LogP contribution is -2.03. The summed E-state index contributed by atoms with van der Waals surface area (Å²) in [6.07, 6.45) is 0. The third-order valence-electron chi connectivity index (χ3n) is 7.76. The SMILES string of the molecule is Cc1cc(C)c(-n2c(-c3cccc4c3oc3nc(-c5c(C)cccc5C)ccc34)nc3ccccc32)c(C)c1. The van der Waals surface area contributed by atoms with Crippen LogP contribution in [0.2, 0.25) is 0 Å². The van der Waals surface area contributed by atoms with Gasteiger partial charge in [0.25, 0.3) is 0 Å². The predicted molar refractivity (Wildman–Crippen MR) is 161 cm³/mol. The number of aromatic nitrogens is 3. The number of hydrogen-bond donors (Lipinski definition) is 0. The molecule has 0 saturated carbocycles. The molecule has 39 heavy (non-hydrogen) atoms. The van der Waals surface area contributed by atoms with E-state index >= 15 is 0 Å². The number of pyridine rings is 1. The van der Waals surface area contributed by atoms with Crippen molar-refractivity contribution >= 4 is 33.1 Å². The van der Waals surface area contributed by atoms with Crippen molar-refractivity contribution in [3.05, 3.63) is 113 Å². The molecule has 0 saturated heterocycles. The Balaban J connectivity index is 1.51. The highest BCUT2D eigenvalue weighted by atomic mass is 16.3. The van der Waals surface area contributed by atoms with Gasteiger partial charge < -0.3 is 4.42 Å². The summed E-state index contributed by atoms with van der Waals surface area (Å²) in [4.78, 5) is 10.2. The van der Waals surface area contributed by atoms with Crippen molar-refractivity contribution in [3.63, 3.8) is 0 Å². The fourth-order valence-corrected chi connectivity index (χ4v) is 6.17. The monoisotopic (exact) mass is 507 g/mol. The second-order valence-corrected chi connectivity index (χ2v) is 10.6. The largest absolute Gasteiger partial charge is 0.437 e. The van der Waals surface area contributed by atoms with Gasteiger partial charge in [0.1, 0.15) is 11.4 Å². The van der Waals surface area contributed by atoms with Crippen molar-refractivity contribution in [2.45, 2.75) is 34.6 Å². The highest BCUT2D eigenvalue weighted by Gasteiger charge is 2.22. The lowest BCUT2D eigenvalue weighted by Gasteiger charge is -2.16. The van der Waals surface area contributed by atoms with Crippen molar-refractivity contribution < 1.29 is 4.42 Å². The van der Waals surface area contributed by atoms with Crippen LogP contribution in [0.25, 0.3) is 61.4 Å². The van der Waals surface area contributed by atoms with Gasteiger partial charge in [-0.1, -0.05) is 60.2 Å². The quantitative estimate of drug-likeness (QED) is 0.239. The van der Waals surface area contributed by atoms with Gasteiger partial charge >= 0.3 is 0 Å². The summed E-state index contributed by atoms with van der Waals surface area (Å²) in [5.41, 5.74) is 13.8. The van der Waals surface area contributed by atoms with Gasteiger partial charge in [-0.3, -0.25) is 4.57 Å². The second kappa shape index (κ2) is 8.67. The zero-order valence-electron chi connectivity index (χ0n) is 22.8. The topological polar surface area (TPSA) is 43.9 Å². The van der Waals surface area contributed by atoms with Crippen LogP contribution in [0.4, 0.5) is 0 Å². The summed E-state index contributed by atoms with van der Waals surface area (Å²) in [7, 11) is 0. The molecule has 0 unspecified atom stereocenters. The maximum atomic E-state index is 6.58. The van der Waals surface area contributed by atoms with E-state index < -0.39 is 0 Å². The lowest BCUT2D eigenvalue weighted by atomic mass is 9.99. The third kappa shape index (κ3) is 3.59. The van der Waals surface area contributed by atoms with Crippen LogP contribution in [0.1, 0.15) is 27.8 Å². The Morgan fingerprint density at radius 2 is 1.36 bits per heavy atom. The number of aryl methyl sites for hydroxylation is 5. The minimum absolute atomic E-state index is 0.642. The summed E-state index contributed by atoms with van der Waals surface area (Å²) >= 11 is 0. The average molecular weight is 508 g/mol. The molecule has 4 nitrogen and oxygen atoms in total. The van der Waals surface area contributed by atoms with Crippen LogP contribution in [0.5, 0.6) is 0 Å². The molecular formula is C35H29N3O. The Morgan fingerprint density at radius 1 is 0.641 bits per heavy atom. The smallest absolute Gasteiger partial charge is 0.227 e. The second-order valence-electron chi connectivity index (χ2n) is 10.6. The van der Waals surface area contributed by atoms with E-state index in [1.807, 2.05) is 6.07 Å². The van der Waals surface area contributed by atoms with E-state index in [2.05, 4.69) is 118 Å². The zero-order valence-corrected chi connectivity index (χ0v) is 22.8. The van der Waals surface area contributed by atoms with Gasteiger partial charge in [-0.2, -0.15) is 0 Å². The van der Waals surface area contributed by atoms with Crippen LogP contribution in [0, 0.1) is 34.6 Å². The first-order chi connectivity index (χ1) is 18.9. The van der Waals surface area contributed by atoms with Crippen LogP contribution in [0.3, 0.4) is 0 Å². The Labute approximate surface area is 227 Å². The number of nitrogens with zero attached hydrogens (tertiary/aromatic N) is 3. The van der Waals surface area contributed by atoms with Gasteiger partial charge in [0.15, 0.2) is 0 Å². The molecule has 7 aromatic rings. The molecular weight excluding hydrogens is 478 g/mol. The van der Waals surface area contributed by atoms with Crippen LogP contribution in [-0.2, 0) is 0 Å². The molecule has 0 aliphatic rings. The fraction of sp³-hybridized carbons (Fsp3) is 0.143. The Morgan fingerprint density at radius 3 is 2.13 bits per heavy atom. The fourth-order valence-electron chi connectivity index (χ4n) is 6.17. The molecule has 0 aliphatic heterocycles. The Kier molecular flexibility index (Phi) is 5.21. The van der Waals surface area contributed by atoms with E-state index in [1.165, 1.54) is 27.8 Å². The maximum absolute atomic E-state index is 6.58. The van der Waals surface area contributed by atoms with Crippen LogP contribution < -0.4 is 0 Å². The molecule has 0 aliphatic carbocycles. The number of hydrogen-bond acceptors (Lipinski definition) is 3. The number of furan rings is 1.